The number of imidazole rings is 1. The summed E-state index contributed by atoms with van der Waals surface area (Å²) in [6, 6.07) is 19.5. The van der Waals surface area contributed by atoms with Crippen LogP contribution in [-0.4, -0.2) is 81.7 Å². The van der Waals surface area contributed by atoms with Crippen LogP contribution in [0, 0.1) is 0 Å². The number of aliphatic hydroxyl groups excluding tert-OH is 2. The van der Waals surface area contributed by atoms with E-state index in [-0.39, 0.29) is 38.7 Å². The molecule has 0 aliphatic heterocycles. The van der Waals surface area contributed by atoms with E-state index in [2.05, 4.69) is 38.8 Å². The summed E-state index contributed by atoms with van der Waals surface area (Å²) < 4.78 is 36.6. The molecule has 0 saturated heterocycles. The number of nitrogens with zero attached hydrogens (tertiary/aromatic N) is 3. The van der Waals surface area contributed by atoms with Gasteiger partial charge in [-0.3, -0.25) is 0 Å². The van der Waals surface area contributed by atoms with Gasteiger partial charge in [0.1, 0.15) is 0 Å². The summed E-state index contributed by atoms with van der Waals surface area (Å²) in [4.78, 5) is 4.23. The van der Waals surface area contributed by atoms with Crippen LogP contribution < -0.4 is 9.91 Å². The number of hydrogen-bond donors (Lipinski definition) is 2. The van der Waals surface area contributed by atoms with Gasteiger partial charge in [0.2, 0.25) is 0 Å². The quantitative estimate of drug-likeness (QED) is 0.275. The zero-order valence-corrected chi connectivity index (χ0v) is 28.0. The van der Waals surface area contributed by atoms with Crippen LogP contribution in [0.4, 0.5) is 0 Å². The fourth-order valence-electron chi connectivity index (χ4n) is 4.04. The fourth-order valence-corrected chi connectivity index (χ4v) is 10.4. The molecule has 2 aromatic carbocycles. The Balaban J connectivity index is 1.97. The van der Waals surface area contributed by atoms with Crippen molar-refractivity contribution in [3.8, 4) is 0 Å². The van der Waals surface area contributed by atoms with Gasteiger partial charge in [0.05, 0.1) is 0 Å². The first kappa shape index (κ1) is 32.7. The molecule has 3 rings (SSSR count). The van der Waals surface area contributed by atoms with E-state index in [1.54, 1.807) is 0 Å². The first-order valence-electron chi connectivity index (χ1n) is 13.4. The SMILES string of the molecule is CN(C)S(=O)(=O)n1c([C@@H](O)[C@H](C[C@H](O)COCc2ccccc2)[Se]c2ccccc2)cnc1[Si](C)(C)C(C)(C)C. The Morgan fingerprint density at radius 2 is 1.60 bits per heavy atom. The van der Waals surface area contributed by atoms with Crippen molar-refractivity contribution in [3.63, 3.8) is 0 Å². The van der Waals surface area contributed by atoms with Crippen molar-refractivity contribution < 1.29 is 23.4 Å². The third kappa shape index (κ3) is 7.71. The predicted molar refractivity (Wildman–Crippen MR) is 164 cm³/mol. The molecular formula is C29H43N3O5SSeSi. The second kappa shape index (κ2) is 13.4. The number of aliphatic hydroxyl groups is 2. The van der Waals surface area contributed by atoms with Crippen LogP contribution in [0.1, 0.15) is 44.6 Å². The van der Waals surface area contributed by atoms with Gasteiger partial charge < -0.3 is 0 Å². The molecule has 0 unspecified atom stereocenters. The Hall–Kier alpha value is -1.82. The number of benzene rings is 2. The standard InChI is InChI=1S/C29H43N3O5SSeSi/c1-29(2,3)40(6,7)28-30-19-25(32(28)38(35,36)31(4)5)27(34)26(39-24-16-12-9-13-17-24)18-23(33)21-37-20-22-14-10-8-11-15-22/h8-17,19,23,26-27,33-34H,18,20-21H2,1-7H3/t23-,26-,27+/m0/s1. The maximum atomic E-state index is 13.7. The molecular weight excluding hydrogens is 609 g/mol. The van der Waals surface area contributed by atoms with Gasteiger partial charge >= 0.3 is 248 Å². The minimum absolute atomic E-state index is 0.105. The Labute approximate surface area is 246 Å². The summed E-state index contributed by atoms with van der Waals surface area (Å²) in [5.41, 5.74) is 1.74. The second-order valence-corrected chi connectivity index (χ2v) is 21.7. The van der Waals surface area contributed by atoms with E-state index in [0.29, 0.717) is 12.1 Å². The zero-order valence-electron chi connectivity index (χ0n) is 24.5. The number of rotatable bonds is 13. The molecule has 3 aromatic rings. The summed E-state index contributed by atoms with van der Waals surface area (Å²) in [5.74, 6) is 0. The molecule has 0 aliphatic rings. The van der Waals surface area contributed by atoms with Crippen molar-refractivity contribution in [2.75, 3.05) is 20.7 Å². The average molecular weight is 653 g/mol. The Morgan fingerprint density at radius 1 is 1.02 bits per heavy atom. The normalized spacial score (nSPS) is 15.2. The molecule has 220 valence electrons. The molecule has 0 radical (unpaired) electrons. The topological polar surface area (TPSA) is 105 Å². The van der Waals surface area contributed by atoms with Gasteiger partial charge in [-0.2, -0.15) is 0 Å². The molecule has 0 fully saturated rings. The fraction of sp³-hybridized carbons (Fsp3) is 0.483. The molecule has 0 saturated carbocycles. The summed E-state index contributed by atoms with van der Waals surface area (Å²) in [5, 5.41) is 22.6. The third-order valence-corrected chi connectivity index (χ3v) is 17.4. The van der Waals surface area contributed by atoms with Gasteiger partial charge in [0, 0.05) is 0 Å². The molecule has 0 aliphatic carbocycles. The van der Waals surface area contributed by atoms with Crippen molar-refractivity contribution in [2.24, 2.45) is 0 Å². The summed E-state index contributed by atoms with van der Waals surface area (Å²) in [6.45, 7) is 11.0. The molecule has 8 nitrogen and oxygen atoms in total. The summed E-state index contributed by atoms with van der Waals surface area (Å²) in [7, 11) is -3.43. The van der Waals surface area contributed by atoms with Gasteiger partial charge in [-0.05, 0) is 0 Å². The summed E-state index contributed by atoms with van der Waals surface area (Å²) in [6.07, 6.45) is -0.248. The van der Waals surface area contributed by atoms with Gasteiger partial charge in [-0.1, -0.05) is 0 Å². The molecule has 1 aromatic heterocycles. The van der Waals surface area contributed by atoms with Crippen molar-refractivity contribution in [1.82, 2.24) is 13.3 Å². The van der Waals surface area contributed by atoms with Crippen molar-refractivity contribution in [1.29, 1.82) is 0 Å². The van der Waals surface area contributed by atoms with E-state index in [1.807, 2.05) is 60.7 Å². The van der Waals surface area contributed by atoms with E-state index in [0.717, 1.165) is 14.3 Å². The molecule has 0 amide bonds. The van der Waals surface area contributed by atoms with Gasteiger partial charge in [0.15, 0.2) is 0 Å². The Kier molecular flexibility index (Phi) is 11.0. The molecule has 0 bridgehead atoms. The van der Waals surface area contributed by atoms with E-state index in [1.165, 1.54) is 24.3 Å². The van der Waals surface area contributed by atoms with E-state index in [4.69, 9.17) is 4.74 Å². The average Bonchev–Trinajstić information content (AvgIpc) is 3.35. The van der Waals surface area contributed by atoms with Crippen LogP contribution in [-0.2, 0) is 21.6 Å². The van der Waals surface area contributed by atoms with Crippen LogP contribution in [0.3, 0.4) is 0 Å². The van der Waals surface area contributed by atoms with Crippen LogP contribution >= 0.6 is 0 Å². The van der Waals surface area contributed by atoms with Crippen LogP contribution in [0.5, 0.6) is 0 Å². The molecule has 40 heavy (non-hydrogen) atoms. The van der Waals surface area contributed by atoms with Crippen LogP contribution in [0.2, 0.25) is 22.9 Å². The van der Waals surface area contributed by atoms with E-state index >= 15 is 0 Å². The number of aromatic nitrogens is 2. The number of hydrogen-bond acceptors (Lipinski definition) is 6. The molecule has 3 atom stereocenters. The van der Waals surface area contributed by atoms with Crippen molar-refractivity contribution in [2.45, 2.75) is 69.0 Å². The van der Waals surface area contributed by atoms with Gasteiger partial charge in [-0.25, -0.2) is 0 Å². The van der Waals surface area contributed by atoms with E-state index < -0.39 is 35.3 Å². The van der Waals surface area contributed by atoms with Crippen LogP contribution in [0.25, 0.3) is 0 Å². The first-order valence-corrected chi connectivity index (χ1v) is 19.6. The van der Waals surface area contributed by atoms with E-state index in [9.17, 15) is 18.6 Å². The predicted octanol–water partition coefficient (Wildman–Crippen LogP) is 3.07. The Morgan fingerprint density at radius 3 is 2.15 bits per heavy atom. The second-order valence-electron chi connectivity index (χ2n) is 11.7. The van der Waals surface area contributed by atoms with Crippen molar-refractivity contribution in [3.05, 3.63) is 78.1 Å². The minimum atomic E-state index is -3.98. The zero-order chi connectivity index (χ0) is 29.7. The van der Waals surface area contributed by atoms with Gasteiger partial charge in [0.25, 0.3) is 0 Å². The molecule has 2 N–H and O–H groups in total. The van der Waals surface area contributed by atoms with Gasteiger partial charge in [-0.15, -0.1) is 0 Å². The molecule has 11 heteroatoms. The molecule has 1 heterocycles. The molecule has 0 spiro atoms. The Bertz CT molecular complexity index is 1330. The summed E-state index contributed by atoms with van der Waals surface area (Å²) >= 11 is -0.269. The third-order valence-electron chi connectivity index (χ3n) is 7.48. The maximum absolute atomic E-state index is 13.7. The monoisotopic (exact) mass is 653 g/mol. The number of ether oxygens (including phenoxy) is 1. The van der Waals surface area contributed by atoms with Crippen LogP contribution in [0.15, 0.2) is 66.9 Å². The van der Waals surface area contributed by atoms with Crippen molar-refractivity contribution >= 4 is 43.1 Å². The first-order chi connectivity index (χ1) is 18.7.